The number of ether oxygens (including phenoxy) is 2. The molecule has 2 atom stereocenters. The van der Waals surface area contributed by atoms with Gasteiger partial charge in [-0.05, 0) is 44.9 Å². The maximum absolute atomic E-state index is 12.6. The Labute approximate surface area is 363 Å². The van der Waals surface area contributed by atoms with Gasteiger partial charge in [-0.15, -0.1) is 0 Å². The van der Waals surface area contributed by atoms with Crippen LogP contribution in [0.15, 0.2) is 24.3 Å². The minimum Gasteiger partial charge on any atom is -0.462 e. The average Bonchev–Trinajstić information content (AvgIpc) is 3.22. The molecule has 0 aromatic rings. The van der Waals surface area contributed by atoms with E-state index in [2.05, 4.69) is 38.2 Å². The molecule has 0 aromatic heterocycles. The van der Waals surface area contributed by atoms with Crippen LogP contribution in [-0.2, 0) is 32.7 Å². The van der Waals surface area contributed by atoms with Gasteiger partial charge in [0.1, 0.15) is 6.61 Å². The van der Waals surface area contributed by atoms with Gasteiger partial charge in [0.05, 0.1) is 13.2 Å². The van der Waals surface area contributed by atoms with Crippen LogP contribution in [0.1, 0.15) is 245 Å². The second kappa shape index (κ2) is 46.0. The topological polar surface area (TPSA) is 134 Å². The third-order valence-electron chi connectivity index (χ3n) is 10.8. The van der Waals surface area contributed by atoms with Crippen molar-refractivity contribution in [2.45, 2.75) is 251 Å². The smallest absolute Gasteiger partial charge is 0.462 e. The van der Waals surface area contributed by atoms with Gasteiger partial charge in [-0.2, -0.15) is 0 Å². The molecule has 0 saturated heterocycles. The van der Waals surface area contributed by atoms with Crippen LogP contribution in [0.3, 0.4) is 0 Å². The molecule has 0 fully saturated rings. The minimum absolute atomic E-state index is 0.0559. The highest BCUT2D eigenvalue weighted by molar-refractivity contribution is 7.47. The molecule has 0 bridgehead atoms. The Kier molecular flexibility index (Phi) is 44.8. The molecular weight excluding hydrogens is 762 g/mol. The second-order valence-corrected chi connectivity index (χ2v) is 18.1. The summed E-state index contributed by atoms with van der Waals surface area (Å²) in [4.78, 5) is 34.7. The first kappa shape index (κ1) is 57.5. The van der Waals surface area contributed by atoms with E-state index < -0.39 is 26.5 Å². The van der Waals surface area contributed by atoms with Gasteiger partial charge >= 0.3 is 19.8 Å². The normalized spacial score (nSPS) is 13.4. The predicted octanol–water partition coefficient (Wildman–Crippen LogP) is 14.7. The van der Waals surface area contributed by atoms with Crippen LogP contribution < -0.4 is 5.73 Å². The van der Waals surface area contributed by atoms with E-state index in [1.807, 2.05) is 0 Å². The minimum atomic E-state index is -4.37. The van der Waals surface area contributed by atoms with Gasteiger partial charge in [0, 0.05) is 19.4 Å². The summed E-state index contributed by atoms with van der Waals surface area (Å²) in [6.07, 6.45) is 51.2. The van der Waals surface area contributed by atoms with Gasteiger partial charge < -0.3 is 20.1 Å². The van der Waals surface area contributed by atoms with E-state index in [9.17, 15) is 19.0 Å². The Bertz CT molecular complexity index is 1020. The molecule has 0 spiro atoms. The summed E-state index contributed by atoms with van der Waals surface area (Å²) < 4.78 is 32.7. The molecule has 10 heteroatoms. The first-order valence-electron chi connectivity index (χ1n) is 24.8. The summed E-state index contributed by atoms with van der Waals surface area (Å²) in [7, 11) is -4.37. The Balaban J connectivity index is 3.78. The molecule has 2 unspecified atom stereocenters. The summed E-state index contributed by atoms with van der Waals surface area (Å²) >= 11 is 0. The van der Waals surface area contributed by atoms with Crippen LogP contribution in [0, 0.1) is 0 Å². The molecule has 0 aromatic carbocycles. The average molecular weight is 856 g/mol. The number of hydrogen-bond acceptors (Lipinski definition) is 8. The number of phosphoric acid groups is 1. The van der Waals surface area contributed by atoms with Gasteiger partial charge in [-0.3, -0.25) is 18.6 Å². The number of unbranched alkanes of at least 4 members (excludes halogenated alkanes) is 30. The predicted molar refractivity (Wildman–Crippen MR) is 247 cm³/mol. The molecule has 59 heavy (non-hydrogen) atoms. The lowest BCUT2D eigenvalue weighted by Gasteiger charge is -2.19. The van der Waals surface area contributed by atoms with Crippen molar-refractivity contribution in [3.05, 3.63) is 24.3 Å². The van der Waals surface area contributed by atoms with Gasteiger partial charge in [-0.1, -0.05) is 212 Å². The van der Waals surface area contributed by atoms with Crippen molar-refractivity contribution in [2.75, 3.05) is 26.4 Å². The first-order chi connectivity index (χ1) is 28.8. The summed E-state index contributed by atoms with van der Waals surface area (Å²) in [5, 5.41) is 0. The molecule has 0 radical (unpaired) electrons. The number of esters is 2. The van der Waals surface area contributed by atoms with E-state index in [1.165, 1.54) is 173 Å². The van der Waals surface area contributed by atoms with E-state index in [4.69, 9.17) is 24.3 Å². The van der Waals surface area contributed by atoms with E-state index in [1.54, 1.807) is 0 Å². The largest absolute Gasteiger partial charge is 0.472 e. The highest BCUT2D eigenvalue weighted by Crippen LogP contribution is 2.43. The maximum Gasteiger partial charge on any atom is 0.472 e. The third-order valence-corrected chi connectivity index (χ3v) is 11.8. The zero-order chi connectivity index (χ0) is 43.2. The Hall–Kier alpha value is -1.51. The molecule has 3 N–H and O–H groups in total. The van der Waals surface area contributed by atoms with Crippen LogP contribution in [0.5, 0.6) is 0 Å². The molecule has 0 aliphatic heterocycles. The van der Waals surface area contributed by atoms with Crippen molar-refractivity contribution in [1.82, 2.24) is 0 Å². The van der Waals surface area contributed by atoms with Crippen molar-refractivity contribution in [3.8, 4) is 0 Å². The molecule has 0 rings (SSSR count). The van der Waals surface area contributed by atoms with Crippen molar-refractivity contribution >= 4 is 19.8 Å². The number of hydrogen-bond donors (Lipinski definition) is 2. The first-order valence-corrected chi connectivity index (χ1v) is 26.3. The lowest BCUT2D eigenvalue weighted by atomic mass is 10.0. The maximum atomic E-state index is 12.6. The fourth-order valence-electron chi connectivity index (χ4n) is 7.14. The van der Waals surface area contributed by atoms with Gasteiger partial charge in [0.15, 0.2) is 6.10 Å². The molecule has 9 nitrogen and oxygen atoms in total. The standard InChI is InChI=1S/C49H94NO8P/c1-3-5-7-9-11-12-13-14-15-16-17-18-19-20-21-22-23-24-25-26-27-28-29-30-31-32-33-34-36-38-40-42-49(52)58-47(46-57-59(53,54)56-44-43-50)45-55-48(51)41-39-37-35-10-8-6-4-2/h13-14,16-17,47H,3-12,15,18-46,50H2,1-2H3,(H,53,54)/b14-13-,17-16-. The van der Waals surface area contributed by atoms with Crippen molar-refractivity contribution in [3.63, 3.8) is 0 Å². The van der Waals surface area contributed by atoms with E-state index >= 15 is 0 Å². The lowest BCUT2D eigenvalue weighted by Crippen LogP contribution is -2.29. The van der Waals surface area contributed by atoms with Crippen LogP contribution in [0.4, 0.5) is 0 Å². The fraction of sp³-hybridized carbons (Fsp3) is 0.878. The highest BCUT2D eigenvalue weighted by Gasteiger charge is 2.26. The Morgan fingerprint density at radius 2 is 0.881 bits per heavy atom. The fourth-order valence-corrected chi connectivity index (χ4v) is 7.90. The molecule has 0 aliphatic carbocycles. The van der Waals surface area contributed by atoms with Gasteiger partial charge in [0.25, 0.3) is 0 Å². The van der Waals surface area contributed by atoms with E-state index in [0.29, 0.717) is 6.42 Å². The van der Waals surface area contributed by atoms with Crippen molar-refractivity contribution in [2.24, 2.45) is 5.73 Å². The molecule has 0 saturated carbocycles. The number of carbonyl (C=O) groups excluding carboxylic acids is 2. The summed E-state index contributed by atoms with van der Waals surface area (Å²) in [6.45, 7) is 3.70. The Morgan fingerprint density at radius 1 is 0.508 bits per heavy atom. The summed E-state index contributed by atoms with van der Waals surface area (Å²) in [6, 6.07) is 0. The number of carbonyl (C=O) groups is 2. The zero-order valence-electron chi connectivity index (χ0n) is 38.5. The van der Waals surface area contributed by atoms with Crippen LogP contribution in [-0.4, -0.2) is 49.3 Å². The van der Waals surface area contributed by atoms with Gasteiger partial charge in [-0.25, -0.2) is 4.57 Å². The zero-order valence-corrected chi connectivity index (χ0v) is 39.4. The third kappa shape index (κ3) is 45.8. The van der Waals surface area contributed by atoms with Crippen molar-refractivity contribution < 1.29 is 37.6 Å². The number of allylic oxidation sites excluding steroid dienone is 4. The lowest BCUT2D eigenvalue weighted by molar-refractivity contribution is -0.161. The van der Waals surface area contributed by atoms with Crippen LogP contribution in [0.2, 0.25) is 0 Å². The quantitative estimate of drug-likeness (QED) is 0.0265. The van der Waals surface area contributed by atoms with Crippen LogP contribution in [0.25, 0.3) is 0 Å². The van der Waals surface area contributed by atoms with E-state index in [0.717, 1.165) is 38.5 Å². The molecule has 0 heterocycles. The summed E-state index contributed by atoms with van der Waals surface area (Å²) in [5.74, 6) is -0.825. The Morgan fingerprint density at radius 3 is 1.29 bits per heavy atom. The molecule has 0 aliphatic rings. The number of rotatable bonds is 47. The van der Waals surface area contributed by atoms with Crippen LogP contribution >= 0.6 is 7.82 Å². The van der Waals surface area contributed by atoms with E-state index in [-0.39, 0.29) is 38.6 Å². The molecule has 0 amide bonds. The highest BCUT2D eigenvalue weighted by atomic mass is 31.2. The van der Waals surface area contributed by atoms with Gasteiger partial charge in [0.2, 0.25) is 0 Å². The summed E-state index contributed by atoms with van der Waals surface area (Å²) in [5.41, 5.74) is 5.34. The number of nitrogens with two attached hydrogens (primary N) is 1. The SMILES string of the molecule is CCCCCCC/C=C\C/C=C\CCCCCCCCCCCCCCCCCCCCCC(=O)OC(COC(=O)CCCCCCCCC)COP(=O)(O)OCCN. The molecular formula is C49H94NO8P. The number of phosphoric ester groups is 1. The monoisotopic (exact) mass is 856 g/mol. The molecule has 348 valence electrons. The van der Waals surface area contributed by atoms with Crippen molar-refractivity contribution in [1.29, 1.82) is 0 Å². The second-order valence-electron chi connectivity index (χ2n) is 16.7.